The first-order chi connectivity index (χ1) is 15.0. The van der Waals surface area contributed by atoms with Crippen molar-refractivity contribution in [3.63, 3.8) is 0 Å². The van der Waals surface area contributed by atoms with E-state index in [2.05, 4.69) is 27.7 Å². The van der Waals surface area contributed by atoms with Gasteiger partial charge in [-0.1, -0.05) is 80.1 Å². The van der Waals surface area contributed by atoms with Crippen molar-refractivity contribution in [3.8, 4) is 0 Å². The maximum atomic E-state index is 11.3. The molecule has 0 aromatic carbocycles. The van der Waals surface area contributed by atoms with Crippen LogP contribution in [0.5, 0.6) is 0 Å². The van der Waals surface area contributed by atoms with Crippen molar-refractivity contribution in [3.05, 3.63) is 0 Å². The first-order valence-electron chi connectivity index (χ1n) is 12.2. The smallest absolute Gasteiger partial charge is 0.756 e. The SMILES string of the molecule is CCCCCOP(=O)([O-])OCC(C)CCC.CCCCCOP(=O)([O-])OCC(C)CCC.[Ni+2]. The van der Waals surface area contributed by atoms with Gasteiger partial charge in [0, 0.05) is 0 Å². The van der Waals surface area contributed by atoms with Crippen LogP contribution in [-0.2, 0) is 43.7 Å². The topological polar surface area (TPSA) is 117 Å². The Hall–Kier alpha value is 0.714. The van der Waals surface area contributed by atoms with Gasteiger partial charge in [0.15, 0.2) is 0 Å². The van der Waals surface area contributed by atoms with Crippen LogP contribution in [0.2, 0.25) is 0 Å². The molecule has 0 aliphatic carbocycles. The van der Waals surface area contributed by atoms with Gasteiger partial charge in [0.25, 0.3) is 15.6 Å². The molecule has 11 heteroatoms. The Morgan fingerprint density at radius 3 is 1.21 bits per heavy atom. The third-order valence-corrected chi connectivity index (χ3v) is 6.52. The second kappa shape index (κ2) is 24.4. The zero-order chi connectivity index (χ0) is 24.9. The Morgan fingerprint density at radius 2 is 0.939 bits per heavy atom. The van der Waals surface area contributed by atoms with Crippen LogP contribution in [0.4, 0.5) is 0 Å². The monoisotopic (exact) mass is 560 g/mol. The molecule has 0 rings (SSSR count). The minimum absolute atomic E-state index is 0. The molecule has 0 radical (unpaired) electrons. The zero-order valence-corrected chi connectivity index (χ0v) is 24.3. The van der Waals surface area contributed by atoms with E-state index in [0.717, 1.165) is 64.2 Å². The first kappa shape index (κ1) is 38.2. The molecule has 4 atom stereocenters. The van der Waals surface area contributed by atoms with Crippen molar-refractivity contribution in [2.45, 2.75) is 106 Å². The Morgan fingerprint density at radius 1 is 0.606 bits per heavy atom. The molecule has 0 spiro atoms. The normalized spacial score (nSPS) is 16.5. The Balaban J connectivity index is -0.000000529. The zero-order valence-electron chi connectivity index (χ0n) is 21.5. The summed E-state index contributed by atoms with van der Waals surface area (Å²) >= 11 is 0. The molecule has 0 aliphatic heterocycles. The number of unbranched alkanes of at least 4 members (excludes halogenated alkanes) is 4. The third kappa shape index (κ3) is 28.8. The van der Waals surface area contributed by atoms with Crippen molar-refractivity contribution < 1.29 is 53.5 Å². The summed E-state index contributed by atoms with van der Waals surface area (Å²) in [5, 5.41) is 0. The predicted octanol–water partition coefficient (Wildman–Crippen LogP) is 6.23. The summed E-state index contributed by atoms with van der Waals surface area (Å²) in [4.78, 5) is 22.6. The van der Waals surface area contributed by atoms with Crippen LogP contribution in [0.25, 0.3) is 0 Å². The molecule has 0 heterocycles. The van der Waals surface area contributed by atoms with E-state index in [0.29, 0.717) is 0 Å². The third-order valence-electron chi connectivity index (χ3n) is 4.59. The Kier molecular flexibility index (Phi) is 28.3. The van der Waals surface area contributed by atoms with Crippen LogP contribution >= 0.6 is 15.6 Å². The molecule has 33 heavy (non-hydrogen) atoms. The molecule has 8 nitrogen and oxygen atoms in total. The van der Waals surface area contributed by atoms with Gasteiger partial charge in [0.1, 0.15) is 0 Å². The summed E-state index contributed by atoms with van der Waals surface area (Å²) in [6.45, 7) is 13.1. The predicted molar refractivity (Wildman–Crippen MR) is 126 cm³/mol. The van der Waals surface area contributed by atoms with Gasteiger partial charge in [-0.3, -0.25) is 9.13 Å². The average Bonchev–Trinajstić information content (AvgIpc) is 2.73. The molecule has 4 unspecified atom stereocenters. The second-order valence-corrected chi connectivity index (χ2v) is 11.2. The molecular weight excluding hydrogens is 513 g/mol. The van der Waals surface area contributed by atoms with E-state index in [4.69, 9.17) is 18.1 Å². The summed E-state index contributed by atoms with van der Waals surface area (Å²) in [5.41, 5.74) is 0. The molecule has 0 saturated heterocycles. The standard InChI is InChI=1S/2C11H25O4P.Ni/c2*1-4-6-7-9-14-16(12,13)15-10-11(3)8-5-2;/h2*11H,4-10H2,1-3H3,(H,12,13);/q;;+2/p-2. The fourth-order valence-electron chi connectivity index (χ4n) is 2.72. The summed E-state index contributed by atoms with van der Waals surface area (Å²) in [6.07, 6.45) is 9.56. The van der Waals surface area contributed by atoms with E-state index < -0.39 is 15.6 Å². The van der Waals surface area contributed by atoms with E-state index in [9.17, 15) is 18.9 Å². The number of hydrogen-bond acceptors (Lipinski definition) is 8. The van der Waals surface area contributed by atoms with Crippen molar-refractivity contribution >= 4 is 15.6 Å². The number of hydrogen-bond donors (Lipinski definition) is 0. The summed E-state index contributed by atoms with van der Waals surface area (Å²) < 4.78 is 41.7. The van der Waals surface area contributed by atoms with Gasteiger partial charge in [-0.25, -0.2) is 0 Å². The fourth-order valence-corrected chi connectivity index (χ4v) is 4.45. The molecule has 0 aliphatic rings. The molecular formula is C22H48NiO8P2. The molecule has 0 aromatic heterocycles. The molecule has 0 bridgehead atoms. The van der Waals surface area contributed by atoms with Gasteiger partial charge in [-0.15, -0.1) is 0 Å². The molecule has 0 N–H and O–H groups in total. The molecule has 204 valence electrons. The number of phosphoric acid groups is 2. The number of phosphoric ester groups is 2. The largest absolute Gasteiger partial charge is 2.00 e. The van der Waals surface area contributed by atoms with Crippen LogP contribution in [0, 0.1) is 11.8 Å². The molecule has 0 aromatic rings. The maximum absolute atomic E-state index is 11.3. The minimum Gasteiger partial charge on any atom is -0.756 e. The van der Waals surface area contributed by atoms with E-state index >= 15 is 0 Å². The molecule has 0 amide bonds. The van der Waals surface area contributed by atoms with Crippen molar-refractivity contribution in [2.24, 2.45) is 11.8 Å². The van der Waals surface area contributed by atoms with Gasteiger partial charge in [-0.05, 0) is 37.5 Å². The average molecular weight is 561 g/mol. The fraction of sp³-hybridized carbons (Fsp3) is 1.00. The minimum atomic E-state index is -4.06. The maximum Gasteiger partial charge on any atom is 2.00 e. The second-order valence-electron chi connectivity index (χ2n) is 8.35. The Bertz CT molecular complexity index is 467. The van der Waals surface area contributed by atoms with E-state index in [-0.39, 0.29) is 54.8 Å². The van der Waals surface area contributed by atoms with E-state index in [1.807, 2.05) is 13.8 Å². The van der Waals surface area contributed by atoms with Crippen LogP contribution in [0.15, 0.2) is 0 Å². The van der Waals surface area contributed by atoms with E-state index in [1.54, 1.807) is 0 Å². The van der Waals surface area contributed by atoms with Gasteiger partial charge < -0.3 is 27.9 Å². The van der Waals surface area contributed by atoms with Crippen LogP contribution in [0.3, 0.4) is 0 Å². The molecule has 0 saturated carbocycles. The van der Waals surface area contributed by atoms with Gasteiger partial charge in [0.05, 0.1) is 26.4 Å². The van der Waals surface area contributed by atoms with E-state index in [1.165, 1.54) is 0 Å². The van der Waals surface area contributed by atoms with Crippen LogP contribution in [-0.4, -0.2) is 26.4 Å². The van der Waals surface area contributed by atoms with Crippen molar-refractivity contribution in [1.29, 1.82) is 0 Å². The van der Waals surface area contributed by atoms with Crippen LogP contribution < -0.4 is 9.79 Å². The molecule has 0 fully saturated rings. The number of rotatable bonds is 20. The summed E-state index contributed by atoms with van der Waals surface area (Å²) in [6, 6.07) is 0. The summed E-state index contributed by atoms with van der Waals surface area (Å²) in [7, 11) is -8.12. The quantitative estimate of drug-likeness (QED) is 0.0977. The van der Waals surface area contributed by atoms with Gasteiger partial charge >= 0.3 is 16.5 Å². The first-order valence-corrected chi connectivity index (χ1v) is 15.2. The van der Waals surface area contributed by atoms with Crippen molar-refractivity contribution in [1.82, 2.24) is 0 Å². The summed E-state index contributed by atoms with van der Waals surface area (Å²) in [5.74, 6) is 0.512. The Labute approximate surface area is 213 Å². The van der Waals surface area contributed by atoms with Gasteiger partial charge in [-0.2, -0.15) is 0 Å². The van der Waals surface area contributed by atoms with Crippen molar-refractivity contribution in [2.75, 3.05) is 26.4 Å². The van der Waals surface area contributed by atoms with Gasteiger partial charge in [0.2, 0.25) is 0 Å². The van der Waals surface area contributed by atoms with Crippen LogP contribution in [0.1, 0.15) is 106 Å².